The molecule has 0 aliphatic heterocycles. The van der Waals surface area contributed by atoms with Gasteiger partial charge in [-0.2, -0.15) is 0 Å². The summed E-state index contributed by atoms with van der Waals surface area (Å²) in [5, 5.41) is 4.10. The SMILES string of the molecule is C/C=C(C)/C(C)=N/Oc1ccccc1/C(=C\C)C(=O)OC. The number of esters is 1. The molecular formula is C17H21NO3. The highest BCUT2D eigenvalue weighted by molar-refractivity contribution is 6.17. The minimum absolute atomic E-state index is 0.404. The van der Waals surface area contributed by atoms with Crippen LogP contribution in [0.3, 0.4) is 0 Å². The van der Waals surface area contributed by atoms with Gasteiger partial charge in [0, 0.05) is 5.56 Å². The molecule has 0 unspecified atom stereocenters. The molecule has 1 aromatic carbocycles. The zero-order chi connectivity index (χ0) is 15.8. The Morgan fingerprint density at radius 1 is 1.14 bits per heavy atom. The van der Waals surface area contributed by atoms with Gasteiger partial charge in [0.15, 0.2) is 5.75 Å². The van der Waals surface area contributed by atoms with Crippen molar-refractivity contribution in [2.45, 2.75) is 27.7 Å². The Balaban J connectivity index is 3.14. The fourth-order valence-corrected chi connectivity index (χ4v) is 1.66. The number of para-hydroxylation sites is 1. The molecule has 0 amide bonds. The van der Waals surface area contributed by atoms with Gasteiger partial charge in [-0.25, -0.2) is 4.79 Å². The Bertz CT molecular complexity index is 598. The third-order valence-corrected chi connectivity index (χ3v) is 3.16. The molecule has 0 aromatic heterocycles. The lowest BCUT2D eigenvalue weighted by molar-refractivity contribution is -0.133. The number of allylic oxidation sites excluding steroid dienone is 3. The highest BCUT2D eigenvalue weighted by Gasteiger charge is 2.16. The van der Waals surface area contributed by atoms with Crippen LogP contribution in [0.2, 0.25) is 0 Å². The molecule has 0 spiro atoms. The van der Waals surface area contributed by atoms with Crippen LogP contribution in [0, 0.1) is 0 Å². The van der Waals surface area contributed by atoms with Crippen molar-refractivity contribution in [1.29, 1.82) is 0 Å². The second-order valence-electron chi connectivity index (χ2n) is 4.43. The van der Waals surface area contributed by atoms with Gasteiger partial charge in [0.05, 0.1) is 18.4 Å². The Kier molecular flexibility index (Phi) is 6.40. The molecule has 0 saturated heterocycles. The van der Waals surface area contributed by atoms with Crippen LogP contribution >= 0.6 is 0 Å². The van der Waals surface area contributed by atoms with Crippen LogP contribution in [0.25, 0.3) is 5.57 Å². The second-order valence-corrected chi connectivity index (χ2v) is 4.43. The van der Waals surface area contributed by atoms with Crippen LogP contribution in [0.1, 0.15) is 33.3 Å². The second kappa shape index (κ2) is 8.04. The van der Waals surface area contributed by atoms with E-state index in [2.05, 4.69) is 5.16 Å². The summed E-state index contributed by atoms with van der Waals surface area (Å²) in [7, 11) is 1.35. The first-order valence-electron chi connectivity index (χ1n) is 6.74. The minimum Gasteiger partial charge on any atom is -0.465 e. The molecule has 0 saturated carbocycles. The number of carbonyl (C=O) groups excluding carboxylic acids is 1. The van der Waals surface area contributed by atoms with Crippen LogP contribution < -0.4 is 4.84 Å². The van der Waals surface area contributed by atoms with Crippen molar-refractivity contribution >= 4 is 17.3 Å². The van der Waals surface area contributed by atoms with Gasteiger partial charge in [0.25, 0.3) is 0 Å². The number of nitrogens with zero attached hydrogens (tertiary/aromatic N) is 1. The highest BCUT2D eigenvalue weighted by Crippen LogP contribution is 2.27. The van der Waals surface area contributed by atoms with Gasteiger partial charge in [-0.3, -0.25) is 0 Å². The number of rotatable bonds is 5. The number of methoxy groups -OCH3 is 1. The monoisotopic (exact) mass is 287 g/mol. The number of carbonyl (C=O) groups is 1. The van der Waals surface area contributed by atoms with Crippen molar-refractivity contribution in [2.75, 3.05) is 7.11 Å². The first-order chi connectivity index (χ1) is 10.0. The predicted octanol–water partition coefficient (Wildman–Crippen LogP) is 3.98. The van der Waals surface area contributed by atoms with Gasteiger partial charge in [-0.05, 0) is 39.3 Å². The van der Waals surface area contributed by atoms with E-state index in [4.69, 9.17) is 9.57 Å². The summed E-state index contributed by atoms with van der Waals surface area (Å²) in [6.45, 7) is 7.55. The average molecular weight is 287 g/mol. The van der Waals surface area contributed by atoms with Crippen LogP contribution in [0.15, 0.2) is 47.1 Å². The molecule has 0 N–H and O–H groups in total. The quantitative estimate of drug-likeness (QED) is 0.356. The summed E-state index contributed by atoms with van der Waals surface area (Å²) in [5.74, 6) is 0.109. The number of oxime groups is 1. The van der Waals surface area contributed by atoms with E-state index >= 15 is 0 Å². The van der Waals surface area contributed by atoms with E-state index in [1.807, 2.05) is 39.0 Å². The standard InChI is InChI=1S/C17H21NO3/c1-6-12(3)13(4)18-21-16-11-9-8-10-15(16)14(7-2)17(19)20-5/h6-11H,1-5H3/b12-6+,14-7+,18-13+. The molecule has 4 heteroatoms. The van der Waals surface area contributed by atoms with E-state index in [0.717, 1.165) is 11.3 Å². The molecule has 1 aromatic rings. The molecule has 112 valence electrons. The van der Waals surface area contributed by atoms with E-state index in [9.17, 15) is 4.79 Å². The molecule has 0 atom stereocenters. The van der Waals surface area contributed by atoms with Crippen LogP contribution in [0.4, 0.5) is 0 Å². The van der Waals surface area contributed by atoms with E-state index < -0.39 is 5.97 Å². The third-order valence-electron chi connectivity index (χ3n) is 3.16. The molecule has 4 nitrogen and oxygen atoms in total. The Morgan fingerprint density at radius 3 is 2.38 bits per heavy atom. The number of hydrogen-bond donors (Lipinski definition) is 0. The van der Waals surface area contributed by atoms with Crippen LogP contribution in [-0.2, 0) is 9.53 Å². The number of ether oxygens (including phenoxy) is 1. The summed E-state index contributed by atoms with van der Waals surface area (Å²) in [6.07, 6.45) is 3.65. The van der Waals surface area contributed by atoms with Crippen molar-refractivity contribution in [2.24, 2.45) is 5.16 Å². The highest BCUT2D eigenvalue weighted by atomic mass is 16.6. The van der Waals surface area contributed by atoms with Crippen LogP contribution in [-0.4, -0.2) is 18.8 Å². The van der Waals surface area contributed by atoms with Gasteiger partial charge in [-0.15, -0.1) is 0 Å². The van der Waals surface area contributed by atoms with Gasteiger partial charge in [0.2, 0.25) is 0 Å². The smallest absolute Gasteiger partial charge is 0.338 e. The molecule has 0 fully saturated rings. The first-order valence-corrected chi connectivity index (χ1v) is 6.74. The van der Waals surface area contributed by atoms with E-state index in [1.54, 1.807) is 25.1 Å². The number of benzene rings is 1. The van der Waals surface area contributed by atoms with Crippen molar-refractivity contribution in [3.63, 3.8) is 0 Å². The predicted molar refractivity (Wildman–Crippen MR) is 85.3 cm³/mol. The maximum Gasteiger partial charge on any atom is 0.338 e. The summed E-state index contributed by atoms with van der Waals surface area (Å²) in [4.78, 5) is 17.3. The lowest BCUT2D eigenvalue weighted by Crippen LogP contribution is -2.05. The van der Waals surface area contributed by atoms with Gasteiger partial charge in [0.1, 0.15) is 0 Å². The fraction of sp³-hybridized carbons (Fsp3) is 0.294. The zero-order valence-electron chi connectivity index (χ0n) is 13.1. The lowest BCUT2D eigenvalue weighted by atomic mass is 10.1. The van der Waals surface area contributed by atoms with Crippen molar-refractivity contribution in [3.8, 4) is 5.75 Å². The minimum atomic E-state index is -0.404. The van der Waals surface area contributed by atoms with Gasteiger partial charge >= 0.3 is 5.97 Å². The normalized spacial score (nSPS) is 13.1. The lowest BCUT2D eigenvalue weighted by Gasteiger charge is -2.10. The van der Waals surface area contributed by atoms with Gasteiger partial charge in [-0.1, -0.05) is 35.5 Å². The topological polar surface area (TPSA) is 47.9 Å². The molecule has 0 radical (unpaired) electrons. The molecule has 0 aliphatic carbocycles. The molecule has 0 bridgehead atoms. The fourth-order valence-electron chi connectivity index (χ4n) is 1.66. The maximum absolute atomic E-state index is 11.8. The van der Waals surface area contributed by atoms with Crippen molar-refractivity contribution < 1.29 is 14.4 Å². The van der Waals surface area contributed by atoms with Crippen molar-refractivity contribution in [3.05, 3.63) is 47.6 Å². The molecule has 0 aliphatic rings. The average Bonchev–Trinajstić information content (AvgIpc) is 2.53. The molecular weight excluding hydrogens is 266 g/mol. The molecule has 0 heterocycles. The van der Waals surface area contributed by atoms with Gasteiger partial charge < -0.3 is 9.57 Å². The first kappa shape index (κ1) is 16.7. The van der Waals surface area contributed by atoms with Crippen LogP contribution in [0.5, 0.6) is 5.75 Å². The van der Waals surface area contributed by atoms with E-state index in [-0.39, 0.29) is 0 Å². The summed E-state index contributed by atoms with van der Waals surface area (Å²) in [6, 6.07) is 7.23. The Morgan fingerprint density at radius 2 is 1.81 bits per heavy atom. The number of hydrogen-bond acceptors (Lipinski definition) is 4. The van der Waals surface area contributed by atoms with E-state index in [1.165, 1.54) is 7.11 Å². The largest absolute Gasteiger partial charge is 0.465 e. The molecule has 21 heavy (non-hydrogen) atoms. The third kappa shape index (κ3) is 4.31. The summed E-state index contributed by atoms with van der Waals surface area (Å²) >= 11 is 0. The summed E-state index contributed by atoms with van der Waals surface area (Å²) in [5.41, 5.74) is 2.92. The molecule has 1 rings (SSSR count). The Hall–Kier alpha value is -2.36. The summed E-state index contributed by atoms with van der Waals surface area (Å²) < 4.78 is 4.79. The van der Waals surface area contributed by atoms with E-state index in [0.29, 0.717) is 16.9 Å². The van der Waals surface area contributed by atoms with Crippen molar-refractivity contribution in [1.82, 2.24) is 0 Å². The Labute approximate surface area is 125 Å². The maximum atomic E-state index is 11.8. The zero-order valence-corrected chi connectivity index (χ0v) is 13.1.